The van der Waals surface area contributed by atoms with Crippen molar-refractivity contribution in [3.8, 4) is 11.5 Å². The van der Waals surface area contributed by atoms with E-state index < -0.39 is 0 Å². The van der Waals surface area contributed by atoms with Crippen LogP contribution in [-0.4, -0.2) is 20.8 Å². The van der Waals surface area contributed by atoms with Crippen LogP contribution in [0.4, 0.5) is 0 Å². The van der Waals surface area contributed by atoms with Gasteiger partial charge in [0.25, 0.3) is 0 Å². The Kier molecular flexibility index (Phi) is 3.81. The summed E-state index contributed by atoms with van der Waals surface area (Å²) in [6.45, 7) is 2.81. The normalized spacial score (nSPS) is 17.8. The maximum absolute atomic E-state index is 6.07. The lowest BCUT2D eigenvalue weighted by Crippen LogP contribution is -2.32. The Morgan fingerprint density at radius 2 is 1.83 bits per heavy atom. The number of methoxy groups -OCH3 is 2. The van der Waals surface area contributed by atoms with E-state index in [-0.39, 0.29) is 5.41 Å². The molecule has 100 valence electrons. The first-order valence-corrected chi connectivity index (χ1v) is 6.60. The van der Waals surface area contributed by atoms with Crippen LogP contribution in [-0.2, 0) is 5.41 Å². The molecule has 2 rings (SSSR count). The van der Waals surface area contributed by atoms with Gasteiger partial charge in [-0.1, -0.05) is 12.8 Å². The molecule has 0 spiro atoms. The van der Waals surface area contributed by atoms with Crippen molar-refractivity contribution in [2.45, 2.75) is 38.0 Å². The van der Waals surface area contributed by atoms with Gasteiger partial charge in [-0.25, -0.2) is 0 Å². The number of benzene rings is 1. The summed E-state index contributed by atoms with van der Waals surface area (Å²) in [6, 6.07) is 4.08. The molecule has 1 aromatic carbocycles. The van der Waals surface area contributed by atoms with Crippen LogP contribution in [0.5, 0.6) is 11.5 Å². The predicted octanol–water partition coefficient (Wildman–Crippen LogP) is 2.78. The molecule has 0 radical (unpaired) electrons. The molecule has 0 saturated heterocycles. The standard InChI is InChI=1S/C15H23NO2/c1-11-13(15(10-16)6-4-5-7-15)8-12(17-2)9-14(11)18-3/h8-9H,4-7,10,16H2,1-3H3. The van der Waals surface area contributed by atoms with Crippen LogP contribution in [0.1, 0.15) is 36.8 Å². The van der Waals surface area contributed by atoms with E-state index in [1.807, 2.05) is 6.07 Å². The van der Waals surface area contributed by atoms with Crippen molar-refractivity contribution in [1.29, 1.82) is 0 Å². The van der Waals surface area contributed by atoms with Crippen LogP contribution in [0.25, 0.3) is 0 Å². The van der Waals surface area contributed by atoms with Gasteiger partial charge in [0.05, 0.1) is 14.2 Å². The van der Waals surface area contributed by atoms with E-state index in [0.717, 1.165) is 11.5 Å². The molecule has 0 amide bonds. The fourth-order valence-electron chi connectivity index (χ4n) is 3.18. The molecule has 18 heavy (non-hydrogen) atoms. The number of rotatable bonds is 4. The maximum Gasteiger partial charge on any atom is 0.125 e. The molecule has 2 N–H and O–H groups in total. The quantitative estimate of drug-likeness (QED) is 0.892. The van der Waals surface area contributed by atoms with Gasteiger partial charge in [-0.15, -0.1) is 0 Å². The summed E-state index contributed by atoms with van der Waals surface area (Å²) in [6.07, 6.45) is 4.85. The van der Waals surface area contributed by atoms with E-state index in [4.69, 9.17) is 15.2 Å². The highest BCUT2D eigenvalue weighted by Gasteiger charge is 2.36. The highest BCUT2D eigenvalue weighted by atomic mass is 16.5. The SMILES string of the molecule is COc1cc(OC)c(C)c(C2(CN)CCCC2)c1. The van der Waals surface area contributed by atoms with E-state index in [1.165, 1.54) is 36.8 Å². The molecule has 0 atom stereocenters. The van der Waals surface area contributed by atoms with Gasteiger partial charge in [0.15, 0.2) is 0 Å². The van der Waals surface area contributed by atoms with Crippen LogP contribution >= 0.6 is 0 Å². The largest absolute Gasteiger partial charge is 0.497 e. The second-order valence-electron chi connectivity index (χ2n) is 5.19. The number of hydrogen-bond donors (Lipinski definition) is 1. The second-order valence-corrected chi connectivity index (χ2v) is 5.19. The molecule has 0 aromatic heterocycles. The summed E-state index contributed by atoms with van der Waals surface area (Å²) in [7, 11) is 3.40. The van der Waals surface area contributed by atoms with Gasteiger partial charge in [-0.3, -0.25) is 0 Å². The second kappa shape index (κ2) is 5.19. The number of hydrogen-bond acceptors (Lipinski definition) is 3. The molecule has 1 fully saturated rings. The first-order chi connectivity index (χ1) is 8.66. The zero-order valence-electron chi connectivity index (χ0n) is 11.6. The molecule has 3 nitrogen and oxygen atoms in total. The Morgan fingerprint density at radius 3 is 2.33 bits per heavy atom. The lowest BCUT2D eigenvalue weighted by atomic mass is 9.76. The minimum absolute atomic E-state index is 0.117. The van der Waals surface area contributed by atoms with Crippen LogP contribution in [0.2, 0.25) is 0 Å². The molecule has 0 bridgehead atoms. The van der Waals surface area contributed by atoms with Crippen molar-refractivity contribution < 1.29 is 9.47 Å². The molecule has 3 heteroatoms. The minimum atomic E-state index is 0.117. The van der Waals surface area contributed by atoms with E-state index >= 15 is 0 Å². The summed E-state index contributed by atoms with van der Waals surface area (Å²) < 4.78 is 10.8. The van der Waals surface area contributed by atoms with Gasteiger partial charge >= 0.3 is 0 Å². The third kappa shape index (κ3) is 2.07. The molecule has 1 aliphatic rings. The molecular weight excluding hydrogens is 226 g/mol. The molecule has 0 aliphatic heterocycles. The molecule has 1 saturated carbocycles. The summed E-state index contributed by atoms with van der Waals surface area (Å²) in [5, 5.41) is 0. The van der Waals surface area contributed by atoms with Gasteiger partial charge in [-0.2, -0.15) is 0 Å². The predicted molar refractivity (Wildman–Crippen MR) is 73.5 cm³/mol. The zero-order chi connectivity index (χ0) is 13.2. The zero-order valence-corrected chi connectivity index (χ0v) is 11.6. The lowest BCUT2D eigenvalue weighted by molar-refractivity contribution is 0.382. The van der Waals surface area contributed by atoms with Crippen LogP contribution in [0, 0.1) is 6.92 Å². The van der Waals surface area contributed by atoms with Crippen molar-refractivity contribution in [2.24, 2.45) is 5.73 Å². The smallest absolute Gasteiger partial charge is 0.125 e. The topological polar surface area (TPSA) is 44.5 Å². The van der Waals surface area contributed by atoms with Crippen molar-refractivity contribution >= 4 is 0 Å². The fourth-order valence-corrected chi connectivity index (χ4v) is 3.18. The summed E-state index contributed by atoms with van der Waals surface area (Å²) in [5.74, 6) is 1.75. The van der Waals surface area contributed by atoms with E-state index in [2.05, 4.69) is 13.0 Å². The lowest BCUT2D eigenvalue weighted by Gasteiger charge is -2.30. The fraction of sp³-hybridized carbons (Fsp3) is 0.600. The van der Waals surface area contributed by atoms with Gasteiger partial charge in [-0.05, 0) is 37.0 Å². The third-order valence-electron chi connectivity index (χ3n) is 4.31. The highest BCUT2D eigenvalue weighted by Crippen LogP contribution is 2.44. The van der Waals surface area contributed by atoms with Gasteiger partial charge in [0, 0.05) is 18.0 Å². The van der Waals surface area contributed by atoms with Gasteiger partial charge in [0.1, 0.15) is 11.5 Å². The Hall–Kier alpha value is -1.22. The Labute approximate surface area is 109 Å². The van der Waals surface area contributed by atoms with Crippen molar-refractivity contribution in [1.82, 2.24) is 0 Å². The van der Waals surface area contributed by atoms with Crippen LogP contribution < -0.4 is 15.2 Å². The van der Waals surface area contributed by atoms with Gasteiger partial charge in [0.2, 0.25) is 0 Å². The number of nitrogens with two attached hydrogens (primary N) is 1. The molecule has 1 aliphatic carbocycles. The maximum atomic E-state index is 6.07. The van der Waals surface area contributed by atoms with Crippen LogP contribution in [0.15, 0.2) is 12.1 Å². The van der Waals surface area contributed by atoms with E-state index in [0.29, 0.717) is 6.54 Å². The van der Waals surface area contributed by atoms with Crippen molar-refractivity contribution in [2.75, 3.05) is 20.8 Å². The summed E-state index contributed by atoms with van der Waals surface area (Å²) in [4.78, 5) is 0. The average molecular weight is 249 g/mol. The number of ether oxygens (including phenoxy) is 2. The first-order valence-electron chi connectivity index (χ1n) is 6.60. The molecule has 1 aromatic rings. The third-order valence-corrected chi connectivity index (χ3v) is 4.31. The van der Waals surface area contributed by atoms with Crippen molar-refractivity contribution in [3.05, 3.63) is 23.3 Å². The minimum Gasteiger partial charge on any atom is -0.497 e. The Morgan fingerprint density at radius 1 is 1.17 bits per heavy atom. The molecule has 0 unspecified atom stereocenters. The molecule has 0 heterocycles. The first kappa shape index (κ1) is 13.2. The Balaban J connectivity index is 2.54. The monoisotopic (exact) mass is 249 g/mol. The van der Waals surface area contributed by atoms with E-state index in [9.17, 15) is 0 Å². The molecular formula is C15H23NO2. The van der Waals surface area contributed by atoms with Gasteiger partial charge < -0.3 is 15.2 Å². The highest BCUT2D eigenvalue weighted by molar-refractivity contribution is 5.49. The van der Waals surface area contributed by atoms with Crippen LogP contribution in [0.3, 0.4) is 0 Å². The van der Waals surface area contributed by atoms with Crippen molar-refractivity contribution in [3.63, 3.8) is 0 Å². The summed E-state index contributed by atoms with van der Waals surface area (Å²) in [5.41, 5.74) is 8.69. The average Bonchev–Trinajstić information content (AvgIpc) is 2.89. The Bertz CT molecular complexity index is 423. The van der Waals surface area contributed by atoms with E-state index in [1.54, 1.807) is 14.2 Å². The summed E-state index contributed by atoms with van der Waals surface area (Å²) >= 11 is 0.